The van der Waals surface area contributed by atoms with Crippen LogP contribution in [0.15, 0.2) is 4.99 Å². The van der Waals surface area contributed by atoms with E-state index in [0.29, 0.717) is 0 Å². The molecule has 0 aromatic heterocycles. The Hall–Kier alpha value is -0.460. The summed E-state index contributed by atoms with van der Waals surface area (Å²) in [5.41, 5.74) is 0.273. The van der Waals surface area contributed by atoms with Crippen molar-refractivity contribution in [1.29, 1.82) is 0 Å². The van der Waals surface area contributed by atoms with E-state index in [1.54, 1.807) is 0 Å². The number of morpholine rings is 1. The highest BCUT2D eigenvalue weighted by molar-refractivity contribution is 7.99. The van der Waals surface area contributed by atoms with Gasteiger partial charge in [-0.2, -0.15) is 11.8 Å². The number of thioether (sulfide) groups is 1. The standard InChI is InChI=1S/C16H32N4OS/c1-3-4-5-7-18-15(17-2)19-13-16(6-12-22-14-16)20-8-10-21-11-9-20/h3-14H2,1-2H3,(H2,17,18,19). The third-order valence-corrected chi connectivity index (χ3v) is 5.88. The summed E-state index contributed by atoms with van der Waals surface area (Å²) in [6, 6.07) is 0. The number of unbranched alkanes of at least 4 members (excludes halogenated alkanes) is 2. The molecule has 2 N–H and O–H groups in total. The topological polar surface area (TPSA) is 48.9 Å². The first-order valence-electron chi connectivity index (χ1n) is 8.66. The zero-order valence-corrected chi connectivity index (χ0v) is 15.0. The van der Waals surface area contributed by atoms with Gasteiger partial charge in [0.05, 0.1) is 13.2 Å². The summed E-state index contributed by atoms with van der Waals surface area (Å²) in [6.07, 6.45) is 5.00. The van der Waals surface area contributed by atoms with E-state index < -0.39 is 0 Å². The number of nitrogens with one attached hydrogen (secondary N) is 2. The van der Waals surface area contributed by atoms with E-state index in [1.165, 1.54) is 37.2 Å². The molecule has 0 spiro atoms. The van der Waals surface area contributed by atoms with Gasteiger partial charge in [0.25, 0.3) is 0 Å². The molecule has 22 heavy (non-hydrogen) atoms. The van der Waals surface area contributed by atoms with Crippen molar-refractivity contribution in [1.82, 2.24) is 15.5 Å². The van der Waals surface area contributed by atoms with E-state index in [2.05, 4.69) is 39.2 Å². The number of rotatable bonds is 7. The molecule has 0 aliphatic carbocycles. The summed E-state index contributed by atoms with van der Waals surface area (Å²) in [7, 11) is 1.86. The maximum Gasteiger partial charge on any atom is 0.191 e. The molecule has 0 saturated carbocycles. The molecule has 2 heterocycles. The quantitative estimate of drug-likeness (QED) is 0.422. The molecule has 0 bridgehead atoms. The minimum atomic E-state index is 0.273. The zero-order valence-electron chi connectivity index (χ0n) is 14.2. The van der Waals surface area contributed by atoms with Gasteiger partial charge in [0.2, 0.25) is 0 Å². The van der Waals surface area contributed by atoms with Crippen LogP contribution in [0.5, 0.6) is 0 Å². The summed E-state index contributed by atoms with van der Waals surface area (Å²) >= 11 is 2.08. The molecule has 2 aliphatic heterocycles. The summed E-state index contributed by atoms with van der Waals surface area (Å²) in [5, 5.41) is 7.01. The molecule has 128 valence electrons. The fourth-order valence-electron chi connectivity index (χ4n) is 3.19. The fraction of sp³-hybridized carbons (Fsp3) is 0.938. The Morgan fingerprint density at radius 3 is 2.73 bits per heavy atom. The Morgan fingerprint density at radius 2 is 2.09 bits per heavy atom. The lowest BCUT2D eigenvalue weighted by atomic mass is 9.95. The molecule has 5 nitrogen and oxygen atoms in total. The fourth-order valence-corrected chi connectivity index (χ4v) is 4.66. The molecule has 0 radical (unpaired) electrons. The predicted octanol–water partition coefficient (Wildman–Crippen LogP) is 1.55. The van der Waals surface area contributed by atoms with E-state index in [0.717, 1.165) is 45.4 Å². The van der Waals surface area contributed by atoms with Gasteiger partial charge in [-0.3, -0.25) is 9.89 Å². The van der Waals surface area contributed by atoms with Crippen molar-refractivity contribution in [3.63, 3.8) is 0 Å². The summed E-state index contributed by atoms with van der Waals surface area (Å²) in [6.45, 7) is 8.08. The molecule has 1 unspecified atom stereocenters. The highest BCUT2D eigenvalue weighted by Gasteiger charge is 2.40. The van der Waals surface area contributed by atoms with E-state index in [4.69, 9.17) is 4.74 Å². The predicted molar refractivity (Wildman–Crippen MR) is 96.0 cm³/mol. The van der Waals surface area contributed by atoms with Crippen LogP contribution in [0, 0.1) is 0 Å². The smallest absolute Gasteiger partial charge is 0.191 e. The molecule has 2 aliphatic rings. The second-order valence-corrected chi connectivity index (χ2v) is 7.29. The third-order valence-electron chi connectivity index (χ3n) is 4.65. The Morgan fingerprint density at radius 1 is 1.27 bits per heavy atom. The van der Waals surface area contributed by atoms with Crippen molar-refractivity contribution in [2.24, 2.45) is 4.99 Å². The van der Waals surface area contributed by atoms with Gasteiger partial charge in [0.15, 0.2) is 5.96 Å². The van der Waals surface area contributed by atoms with Gasteiger partial charge in [-0.1, -0.05) is 19.8 Å². The Bertz CT molecular complexity index is 339. The van der Waals surface area contributed by atoms with Crippen molar-refractivity contribution in [2.75, 3.05) is 57.9 Å². The van der Waals surface area contributed by atoms with Crippen LogP contribution in [-0.4, -0.2) is 74.3 Å². The van der Waals surface area contributed by atoms with Crippen LogP contribution in [0.25, 0.3) is 0 Å². The normalized spacial score (nSPS) is 27.1. The van der Waals surface area contributed by atoms with Crippen molar-refractivity contribution in [2.45, 2.75) is 38.1 Å². The molecular formula is C16H32N4OS. The lowest BCUT2D eigenvalue weighted by molar-refractivity contribution is -0.0120. The Balaban J connectivity index is 1.82. The van der Waals surface area contributed by atoms with Crippen LogP contribution in [0.1, 0.15) is 32.6 Å². The highest BCUT2D eigenvalue weighted by Crippen LogP contribution is 2.33. The average molecular weight is 329 g/mol. The van der Waals surface area contributed by atoms with E-state index in [9.17, 15) is 0 Å². The Labute approximate surface area is 139 Å². The van der Waals surface area contributed by atoms with Gasteiger partial charge >= 0.3 is 0 Å². The first-order chi connectivity index (χ1) is 10.8. The molecule has 6 heteroatoms. The van der Waals surface area contributed by atoms with Crippen LogP contribution in [0.2, 0.25) is 0 Å². The first-order valence-corrected chi connectivity index (χ1v) is 9.81. The largest absolute Gasteiger partial charge is 0.379 e. The second-order valence-electron chi connectivity index (χ2n) is 6.19. The molecule has 2 rings (SSSR count). The molecule has 2 fully saturated rings. The maximum absolute atomic E-state index is 5.52. The van der Waals surface area contributed by atoms with Crippen LogP contribution >= 0.6 is 11.8 Å². The minimum Gasteiger partial charge on any atom is -0.379 e. The third kappa shape index (κ3) is 5.03. The molecular weight excluding hydrogens is 296 g/mol. The van der Waals surface area contributed by atoms with Gasteiger partial charge in [0.1, 0.15) is 0 Å². The number of guanidine groups is 1. The van der Waals surface area contributed by atoms with Gasteiger partial charge < -0.3 is 15.4 Å². The number of nitrogens with zero attached hydrogens (tertiary/aromatic N) is 2. The zero-order chi connectivity index (χ0) is 15.7. The van der Waals surface area contributed by atoms with Crippen molar-refractivity contribution >= 4 is 17.7 Å². The van der Waals surface area contributed by atoms with E-state index in [1.807, 2.05) is 7.05 Å². The molecule has 0 aromatic carbocycles. The molecule has 0 amide bonds. The highest BCUT2D eigenvalue weighted by atomic mass is 32.2. The van der Waals surface area contributed by atoms with Gasteiger partial charge in [-0.15, -0.1) is 0 Å². The summed E-state index contributed by atoms with van der Waals surface area (Å²) in [5.74, 6) is 3.43. The van der Waals surface area contributed by atoms with Crippen molar-refractivity contribution < 1.29 is 4.74 Å². The van der Waals surface area contributed by atoms with Gasteiger partial charge in [-0.05, 0) is 18.6 Å². The lowest BCUT2D eigenvalue weighted by Gasteiger charge is -2.43. The summed E-state index contributed by atoms with van der Waals surface area (Å²) < 4.78 is 5.52. The average Bonchev–Trinajstić information content (AvgIpc) is 3.05. The van der Waals surface area contributed by atoms with Crippen LogP contribution in [0.4, 0.5) is 0 Å². The second kappa shape index (κ2) is 9.63. The monoisotopic (exact) mass is 328 g/mol. The van der Waals surface area contributed by atoms with Crippen LogP contribution in [0.3, 0.4) is 0 Å². The number of aliphatic imine (C=N–C) groups is 1. The number of hydrogen-bond acceptors (Lipinski definition) is 4. The van der Waals surface area contributed by atoms with E-state index >= 15 is 0 Å². The van der Waals surface area contributed by atoms with Gasteiger partial charge in [0, 0.05) is 44.5 Å². The molecule has 2 saturated heterocycles. The van der Waals surface area contributed by atoms with Crippen LogP contribution < -0.4 is 10.6 Å². The van der Waals surface area contributed by atoms with Crippen LogP contribution in [-0.2, 0) is 4.74 Å². The maximum atomic E-state index is 5.52. The van der Waals surface area contributed by atoms with Gasteiger partial charge in [-0.25, -0.2) is 0 Å². The first kappa shape index (κ1) is 17.9. The minimum absolute atomic E-state index is 0.273. The number of hydrogen-bond donors (Lipinski definition) is 2. The summed E-state index contributed by atoms with van der Waals surface area (Å²) in [4.78, 5) is 7.00. The Kier molecular flexibility index (Phi) is 7.83. The van der Waals surface area contributed by atoms with Crippen molar-refractivity contribution in [3.8, 4) is 0 Å². The van der Waals surface area contributed by atoms with E-state index in [-0.39, 0.29) is 5.54 Å². The molecule has 0 aromatic rings. The SMILES string of the molecule is CCCCCNC(=NC)NCC1(N2CCOCC2)CCSC1. The van der Waals surface area contributed by atoms with Crippen molar-refractivity contribution in [3.05, 3.63) is 0 Å². The lowest BCUT2D eigenvalue weighted by Crippen LogP contribution is -2.60. The molecule has 1 atom stereocenters. The number of ether oxygens (including phenoxy) is 1.